The van der Waals surface area contributed by atoms with E-state index in [1.807, 2.05) is 6.07 Å². The zero-order chi connectivity index (χ0) is 14.3. The number of halogens is 1. The summed E-state index contributed by atoms with van der Waals surface area (Å²) in [4.78, 5) is 23.6. The van der Waals surface area contributed by atoms with Crippen LogP contribution in [-0.2, 0) is 14.3 Å². The van der Waals surface area contributed by atoms with Gasteiger partial charge in [0.25, 0.3) is 0 Å². The van der Waals surface area contributed by atoms with Gasteiger partial charge in [0.15, 0.2) is 0 Å². The van der Waals surface area contributed by atoms with Gasteiger partial charge in [0.1, 0.15) is 5.92 Å². The zero-order valence-corrected chi connectivity index (χ0v) is 11.9. The average Bonchev–Trinajstić information content (AvgIpc) is 2.98. The molecule has 2 N–H and O–H groups in total. The number of benzene rings is 1. The summed E-state index contributed by atoms with van der Waals surface area (Å²) in [5, 5.41) is 12.0. The fourth-order valence-corrected chi connectivity index (χ4v) is 3.11. The van der Waals surface area contributed by atoms with Gasteiger partial charge in [0, 0.05) is 10.2 Å². The summed E-state index contributed by atoms with van der Waals surface area (Å²) in [7, 11) is 0. The third-order valence-electron chi connectivity index (χ3n) is 3.58. The monoisotopic (exact) mass is 337 g/mol. The van der Waals surface area contributed by atoms with E-state index in [1.165, 1.54) is 0 Å². The number of amides is 1. The number of aliphatic carboxylic acids is 1. The molecule has 0 aliphatic carbocycles. The molecule has 104 valence electrons. The quantitative estimate of drug-likeness (QED) is 0.827. The lowest BCUT2D eigenvalue weighted by molar-refractivity contribution is -0.145. The van der Waals surface area contributed by atoms with Gasteiger partial charge in [-0.05, 0) is 18.2 Å². The summed E-state index contributed by atoms with van der Waals surface area (Å²) in [5.41, 5.74) is 0.625. The van der Waals surface area contributed by atoms with Gasteiger partial charge in [0.05, 0.1) is 18.1 Å². The highest BCUT2D eigenvalue weighted by Gasteiger charge is 2.53. The van der Waals surface area contributed by atoms with E-state index in [4.69, 9.17) is 4.74 Å². The van der Waals surface area contributed by atoms with Crippen molar-refractivity contribution < 1.29 is 19.4 Å². The van der Waals surface area contributed by atoms with E-state index >= 15 is 0 Å². The van der Waals surface area contributed by atoms with E-state index in [0.29, 0.717) is 5.69 Å². The fraction of sp³-hybridized carbons (Fsp3) is 0.286. The maximum Gasteiger partial charge on any atom is 0.310 e. The van der Waals surface area contributed by atoms with Gasteiger partial charge < -0.3 is 15.2 Å². The molecule has 1 amide bonds. The van der Waals surface area contributed by atoms with Crippen LogP contribution in [0.2, 0.25) is 0 Å². The molecule has 0 radical (unpaired) electrons. The second kappa shape index (κ2) is 5.03. The molecule has 0 unspecified atom stereocenters. The Morgan fingerprint density at radius 1 is 1.20 bits per heavy atom. The highest BCUT2D eigenvalue weighted by Crippen LogP contribution is 2.39. The maximum atomic E-state index is 12.3. The van der Waals surface area contributed by atoms with Gasteiger partial charge >= 0.3 is 5.97 Å². The number of carbonyl (C=O) groups is 2. The number of carboxylic acids is 1. The molecule has 2 heterocycles. The van der Waals surface area contributed by atoms with Crippen molar-refractivity contribution >= 4 is 33.5 Å². The molecular formula is C14H12BrNO4. The molecular weight excluding hydrogens is 326 g/mol. The third-order valence-corrected chi connectivity index (χ3v) is 4.07. The van der Waals surface area contributed by atoms with Crippen LogP contribution in [0.25, 0.3) is 0 Å². The first-order valence-electron chi connectivity index (χ1n) is 6.19. The van der Waals surface area contributed by atoms with Crippen molar-refractivity contribution in [2.75, 3.05) is 5.32 Å². The summed E-state index contributed by atoms with van der Waals surface area (Å²) >= 11 is 3.32. The molecule has 1 aromatic rings. The second-order valence-electron chi connectivity index (χ2n) is 4.84. The number of carboxylic acid groups (broad SMARTS) is 1. The lowest BCUT2D eigenvalue weighted by atomic mass is 9.82. The predicted molar refractivity (Wildman–Crippen MR) is 75.2 cm³/mol. The predicted octanol–water partition coefficient (Wildman–Crippen LogP) is 2.04. The van der Waals surface area contributed by atoms with Crippen molar-refractivity contribution in [1.82, 2.24) is 0 Å². The average molecular weight is 338 g/mol. The largest absolute Gasteiger partial charge is 0.481 e. The Morgan fingerprint density at radius 3 is 2.55 bits per heavy atom. The first kappa shape index (κ1) is 13.3. The van der Waals surface area contributed by atoms with Crippen LogP contribution >= 0.6 is 15.9 Å². The molecule has 1 aromatic carbocycles. The number of carbonyl (C=O) groups excluding carboxylic acids is 1. The molecule has 3 rings (SSSR count). The van der Waals surface area contributed by atoms with Gasteiger partial charge in [-0.25, -0.2) is 0 Å². The summed E-state index contributed by atoms with van der Waals surface area (Å²) < 4.78 is 6.32. The minimum atomic E-state index is -1.00. The Morgan fingerprint density at radius 2 is 1.90 bits per heavy atom. The first-order chi connectivity index (χ1) is 9.56. The molecule has 4 atom stereocenters. The van der Waals surface area contributed by atoms with Crippen LogP contribution in [-0.4, -0.2) is 29.2 Å². The van der Waals surface area contributed by atoms with Crippen molar-refractivity contribution in [3.8, 4) is 0 Å². The lowest BCUT2D eigenvalue weighted by Gasteiger charge is -2.21. The molecule has 2 bridgehead atoms. The summed E-state index contributed by atoms with van der Waals surface area (Å²) in [6.07, 6.45) is 2.52. The Bertz CT molecular complexity index is 601. The fourth-order valence-electron chi connectivity index (χ4n) is 2.71. The summed E-state index contributed by atoms with van der Waals surface area (Å²) in [6.45, 7) is 0. The van der Waals surface area contributed by atoms with Gasteiger partial charge in [-0.1, -0.05) is 34.1 Å². The van der Waals surface area contributed by atoms with Crippen molar-refractivity contribution in [3.63, 3.8) is 0 Å². The normalized spacial score (nSPS) is 30.4. The molecule has 0 aromatic heterocycles. The second-order valence-corrected chi connectivity index (χ2v) is 5.76. The van der Waals surface area contributed by atoms with Gasteiger partial charge in [-0.3, -0.25) is 9.59 Å². The summed E-state index contributed by atoms with van der Waals surface area (Å²) in [6, 6.07) is 7.16. The smallest absolute Gasteiger partial charge is 0.310 e. The van der Waals surface area contributed by atoms with E-state index in [0.717, 1.165) is 4.47 Å². The molecule has 2 aliphatic rings. The van der Waals surface area contributed by atoms with Crippen molar-refractivity contribution in [1.29, 1.82) is 0 Å². The number of fused-ring (bicyclic) bond motifs is 2. The minimum absolute atomic E-state index is 0.327. The highest BCUT2D eigenvalue weighted by molar-refractivity contribution is 9.10. The molecule has 0 spiro atoms. The highest BCUT2D eigenvalue weighted by atomic mass is 79.9. The Balaban J connectivity index is 1.80. The summed E-state index contributed by atoms with van der Waals surface area (Å²) in [5.74, 6) is -2.85. The molecule has 1 fully saturated rings. The molecule has 2 aliphatic heterocycles. The third kappa shape index (κ3) is 2.25. The molecule has 5 nitrogen and oxygen atoms in total. The molecule has 1 saturated heterocycles. The van der Waals surface area contributed by atoms with E-state index in [-0.39, 0.29) is 5.91 Å². The van der Waals surface area contributed by atoms with Crippen LogP contribution in [0.15, 0.2) is 40.9 Å². The maximum absolute atomic E-state index is 12.3. The van der Waals surface area contributed by atoms with Crippen LogP contribution < -0.4 is 5.32 Å². The van der Waals surface area contributed by atoms with Crippen molar-refractivity contribution in [3.05, 3.63) is 40.9 Å². The van der Waals surface area contributed by atoms with Gasteiger partial charge in [-0.15, -0.1) is 0 Å². The minimum Gasteiger partial charge on any atom is -0.481 e. The number of anilines is 1. The SMILES string of the molecule is O=C(O)[C@H]1[C@H](C(=O)Nc2cccc(Br)c2)[C@H]2C=C[C@H]1O2. The molecule has 6 heteroatoms. The Hall–Kier alpha value is -1.66. The standard InChI is InChI=1S/C14H12BrNO4/c15-7-2-1-3-8(6-7)16-13(17)11-9-4-5-10(20-9)12(11)14(18)19/h1-6,9-12H,(H,16,17)(H,18,19)/t9-,10-,11-,12-/m1/s1. The van der Waals surface area contributed by atoms with Gasteiger partial charge in [-0.2, -0.15) is 0 Å². The number of rotatable bonds is 3. The first-order valence-corrected chi connectivity index (χ1v) is 6.98. The van der Waals surface area contributed by atoms with Crippen LogP contribution in [0.3, 0.4) is 0 Å². The van der Waals surface area contributed by atoms with Crippen LogP contribution in [0.4, 0.5) is 5.69 Å². The number of hydrogen-bond donors (Lipinski definition) is 2. The topological polar surface area (TPSA) is 75.6 Å². The van der Waals surface area contributed by atoms with E-state index < -0.39 is 30.0 Å². The lowest BCUT2D eigenvalue weighted by Crippen LogP contribution is -2.39. The number of nitrogens with one attached hydrogen (secondary N) is 1. The Kier molecular flexibility index (Phi) is 3.35. The van der Waals surface area contributed by atoms with Crippen LogP contribution in [0.5, 0.6) is 0 Å². The van der Waals surface area contributed by atoms with Crippen molar-refractivity contribution in [2.24, 2.45) is 11.8 Å². The van der Waals surface area contributed by atoms with Crippen LogP contribution in [0.1, 0.15) is 0 Å². The van der Waals surface area contributed by atoms with Crippen molar-refractivity contribution in [2.45, 2.75) is 12.2 Å². The zero-order valence-electron chi connectivity index (χ0n) is 10.3. The van der Waals surface area contributed by atoms with Gasteiger partial charge in [0.2, 0.25) is 5.91 Å². The van der Waals surface area contributed by atoms with E-state index in [9.17, 15) is 14.7 Å². The number of hydrogen-bond acceptors (Lipinski definition) is 3. The molecule has 20 heavy (non-hydrogen) atoms. The van der Waals surface area contributed by atoms with E-state index in [1.54, 1.807) is 30.4 Å². The number of ether oxygens (including phenoxy) is 1. The van der Waals surface area contributed by atoms with E-state index in [2.05, 4.69) is 21.2 Å². The van der Waals surface area contributed by atoms with Crippen LogP contribution in [0, 0.1) is 11.8 Å². The Labute approximate surface area is 123 Å². The molecule has 0 saturated carbocycles.